The normalized spacial score (nSPS) is 16.6. The van der Waals surface area contributed by atoms with Gasteiger partial charge in [-0.25, -0.2) is 0 Å². The number of halogens is 1. The molecule has 1 aliphatic heterocycles. The van der Waals surface area contributed by atoms with Gasteiger partial charge in [0, 0.05) is 25.6 Å². The summed E-state index contributed by atoms with van der Waals surface area (Å²) in [5.41, 5.74) is 7.93. The smallest absolute Gasteiger partial charge is 0.303 e. The topological polar surface area (TPSA) is 66.6 Å². The second-order valence-electron chi connectivity index (χ2n) is 4.94. The molecule has 0 aromatic heterocycles. The Kier molecular flexibility index (Phi) is 4.66. The van der Waals surface area contributed by atoms with E-state index in [9.17, 15) is 4.79 Å². The molecule has 0 radical (unpaired) electrons. The molecule has 0 aliphatic carbocycles. The highest BCUT2D eigenvalue weighted by atomic mass is 35.5. The van der Waals surface area contributed by atoms with Crippen LogP contribution in [-0.2, 0) is 4.79 Å². The lowest BCUT2D eigenvalue weighted by atomic mass is 10.0. The summed E-state index contributed by atoms with van der Waals surface area (Å²) < 4.78 is 0. The highest BCUT2D eigenvalue weighted by molar-refractivity contribution is 6.33. The molecule has 104 valence electrons. The monoisotopic (exact) mass is 282 g/mol. The molecule has 19 heavy (non-hydrogen) atoms. The van der Waals surface area contributed by atoms with Crippen LogP contribution in [0.15, 0.2) is 18.2 Å². The van der Waals surface area contributed by atoms with Gasteiger partial charge in [-0.05, 0) is 37.0 Å². The van der Waals surface area contributed by atoms with Gasteiger partial charge in [0.2, 0.25) is 0 Å². The first-order chi connectivity index (χ1) is 9.08. The summed E-state index contributed by atoms with van der Waals surface area (Å²) in [7, 11) is 0. The molecule has 1 saturated heterocycles. The molecule has 2 rings (SSSR count). The van der Waals surface area contributed by atoms with Crippen molar-refractivity contribution in [1.82, 2.24) is 0 Å². The van der Waals surface area contributed by atoms with E-state index in [-0.39, 0.29) is 12.5 Å². The minimum Gasteiger partial charge on any atom is -0.481 e. The molecule has 0 bridgehead atoms. The highest BCUT2D eigenvalue weighted by Gasteiger charge is 2.16. The molecule has 1 unspecified atom stereocenters. The molecule has 1 heterocycles. The summed E-state index contributed by atoms with van der Waals surface area (Å²) >= 11 is 6.30. The quantitative estimate of drug-likeness (QED) is 0.871. The largest absolute Gasteiger partial charge is 0.481 e. The van der Waals surface area contributed by atoms with Crippen molar-refractivity contribution in [3.63, 3.8) is 0 Å². The molecule has 1 aliphatic rings. The van der Waals surface area contributed by atoms with Gasteiger partial charge in [-0.2, -0.15) is 0 Å². The Labute approximate surface area is 118 Å². The first kappa shape index (κ1) is 14.2. The van der Waals surface area contributed by atoms with Gasteiger partial charge >= 0.3 is 5.97 Å². The molecule has 1 atom stereocenters. The van der Waals surface area contributed by atoms with Crippen molar-refractivity contribution in [3.8, 4) is 0 Å². The maximum absolute atomic E-state index is 10.5. The van der Waals surface area contributed by atoms with E-state index in [1.807, 2.05) is 18.2 Å². The predicted molar refractivity (Wildman–Crippen MR) is 76.7 cm³/mol. The number of carboxylic acid groups (broad SMARTS) is 1. The van der Waals surface area contributed by atoms with Crippen molar-refractivity contribution in [2.24, 2.45) is 5.73 Å². The van der Waals surface area contributed by atoms with E-state index in [1.54, 1.807) is 0 Å². The number of benzene rings is 1. The Morgan fingerprint density at radius 3 is 2.68 bits per heavy atom. The van der Waals surface area contributed by atoms with Gasteiger partial charge in [0.1, 0.15) is 0 Å². The number of carboxylic acids is 1. The van der Waals surface area contributed by atoms with Crippen LogP contribution < -0.4 is 10.6 Å². The maximum Gasteiger partial charge on any atom is 0.303 e. The van der Waals surface area contributed by atoms with Gasteiger partial charge < -0.3 is 15.7 Å². The molecule has 0 amide bonds. The summed E-state index contributed by atoms with van der Waals surface area (Å²) in [4.78, 5) is 12.8. The average Bonchev–Trinajstić information content (AvgIpc) is 2.89. The molecule has 0 saturated carbocycles. The second-order valence-corrected chi connectivity index (χ2v) is 5.35. The zero-order chi connectivity index (χ0) is 13.8. The molecular weight excluding hydrogens is 264 g/mol. The van der Waals surface area contributed by atoms with Crippen LogP contribution in [0.5, 0.6) is 0 Å². The van der Waals surface area contributed by atoms with Crippen molar-refractivity contribution in [2.45, 2.75) is 31.7 Å². The van der Waals surface area contributed by atoms with E-state index in [0.29, 0.717) is 11.4 Å². The fourth-order valence-corrected chi connectivity index (χ4v) is 2.72. The summed E-state index contributed by atoms with van der Waals surface area (Å²) in [6.07, 6.45) is 2.91. The van der Waals surface area contributed by atoms with Crippen molar-refractivity contribution >= 4 is 23.3 Å². The molecule has 4 nitrogen and oxygen atoms in total. The van der Waals surface area contributed by atoms with Gasteiger partial charge in [0.05, 0.1) is 10.7 Å². The van der Waals surface area contributed by atoms with Crippen molar-refractivity contribution in [2.75, 3.05) is 18.0 Å². The van der Waals surface area contributed by atoms with E-state index in [1.165, 1.54) is 12.8 Å². The van der Waals surface area contributed by atoms with E-state index in [2.05, 4.69) is 4.90 Å². The first-order valence-corrected chi connectivity index (χ1v) is 6.97. The Morgan fingerprint density at radius 1 is 1.42 bits per heavy atom. The van der Waals surface area contributed by atoms with E-state index in [0.717, 1.165) is 24.3 Å². The molecule has 1 fully saturated rings. The first-order valence-electron chi connectivity index (χ1n) is 6.59. The number of hydrogen-bond donors (Lipinski definition) is 2. The Hall–Kier alpha value is -1.26. The van der Waals surface area contributed by atoms with Gasteiger partial charge in [0.15, 0.2) is 0 Å². The van der Waals surface area contributed by atoms with Crippen LogP contribution in [0, 0.1) is 0 Å². The number of nitrogens with two attached hydrogens (primary N) is 1. The Bertz CT molecular complexity index is 459. The van der Waals surface area contributed by atoms with Crippen LogP contribution in [0.25, 0.3) is 0 Å². The molecule has 5 heteroatoms. The minimum atomic E-state index is -0.824. The third-order valence-corrected chi connectivity index (χ3v) is 3.82. The third kappa shape index (κ3) is 3.61. The van der Waals surface area contributed by atoms with Gasteiger partial charge in [-0.1, -0.05) is 17.7 Å². The van der Waals surface area contributed by atoms with Gasteiger partial charge in [-0.3, -0.25) is 4.79 Å². The van der Waals surface area contributed by atoms with Crippen molar-refractivity contribution in [1.29, 1.82) is 0 Å². The average molecular weight is 283 g/mol. The van der Waals surface area contributed by atoms with Crippen LogP contribution in [-0.4, -0.2) is 24.2 Å². The van der Waals surface area contributed by atoms with E-state index in [4.69, 9.17) is 22.4 Å². The lowest BCUT2D eigenvalue weighted by Crippen LogP contribution is -2.18. The fraction of sp³-hybridized carbons (Fsp3) is 0.500. The van der Waals surface area contributed by atoms with Crippen molar-refractivity contribution < 1.29 is 9.90 Å². The third-order valence-electron chi connectivity index (χ3n) is 3.52. The van der Waals surface area contributed by atoms with Crippen LogP contribution in [0.1, 0.15) is 37.3 Å². The van der Waals surface area contributed by atoms with Crippen molar-refractivity contribution in [3.05, 3.63) is 28.8 Å². The Balaban J connectivity index is 2.07. The molecule has 0 spiro atoms. The van der Waals surface area contributed by atoms with Gasteiger partial charge in [-0.15, -0.1) is 0 Å². The van der Waals surface area contributed by atoms with E-state index < -0.39 is 5.97 Å². The molecular formula is C14H19ClN2O2. The molecule has 1 aromatic carbocycles. The minimum absolute atomic E-state index is 0.0761. The molecule has 3 N–H and O–H groups in total. The standard InChI is InChI=1S/C14H19ClN2O2/c15-11-9-10(12(16)4-6-14(18)19)3-5-13(11)17-7-1-2-8-17/h3,5,9,12H,1-2,4,6-8,16H2,(H,18,19). The van der Waals surface area contributed by atoms with Crippen LogP contribution in [0.2, 0.25) is 5.02 Å². The summed E-state index contributed by atoms with van der Waals surface area (Å²) in [5, 5.41) is 9.36. The number of rotatable bonds is 5. The fourth-order valence-electron chi connectivity index (χ4n) is 2.41. The number of hydrogen-bond acceptors (Lipinski definition) is 3. The summed E-state index contributed by atoms with van der Waals surface area (Å²) in [6.45, 7) is 2.09. The number of anilines is 1. The van der Waals surface area contributed by atoms with E-state index >= 15 is 0 Å². The maximum atomic E-state index is 10.5. The zero-order valence-corrected chi connectivity index (χ0v) is 11.6. The Morgan fingerprint density at radius 2 is 2.11 bits per heavy atom. The van der Waals surface area contributed by atoms with Crippen LogP contribution >= 0.6 is 11.6 Å². The number of carbonyl (C=O) groups is 1. The molecule has 1 aromatic rings. The van der Waals surface area contributed by atoms with Crippen LogP contribution in [0.4, 0.5) is 5.69 Å². The predicted octanol–water partition coefficient (Wildman–Crippen LogP) is 2.80. The second kappa shape index (κ2) is 6.26. The lowest BCUT2D eigenvalue weighted by molar-refractivity contribution is -0.137. The zero-order valence-electron chi connectivity index (χ0n) is 10.8. The van der Waals surface area contributed by atoms with Crippen LogP contribution in [0.3, 0.4) is 0 Å². The number of nitrogens with zero attached hydrogens (tertiary/aromatic N) is 1. The van der Waals surface area contributed by atoms with Gasteiger partial charge in [0.25, 0.3) is 0 Å². The lowest BCUT2D eigenvalue weighted by Gasteiger charge is -2.20. The summed E-state index contributed by atoms with van der Waals surface area (Å²) in [6, 6.07) is 5.53. The SMILES string of the molecule is NC(CCC(=O)O)c1ccc(N2CCCC2)c(Cl)c1. The highest BCUT2D eigenvalue weighted by Crippen LogP contribution is 2.31. The summed E-state index contributed by atoms with van der Waals surface area (Å²) in [5.74, 6) is -0.824. The number of aliphatic carboxylic acids is 1.